The molecule has 3 aromatic heterocycles. The molecule has 0 N–H and O–H groups in total. The maximum absolute atomic E-state index is 13.6. The molecule has 4 heterocycles. The van der Waals surface area contributed by atoms with Crippen molar-refractivity contribution in [1.29, 1.82) is 0 Å². The summed E-state index contributed by atoms with van der Waals surface area (Å²) in [4.78, 5) is 15.5. The molecule has 9 nitrogen and oxygen atoms in total. The highest BCUT2D eigenvalue weighted by Crippen LogP contribution is 2.25. The van der Waals surface area contributed by atoms with Crippen molar-refractivity contribution in [2.75, 3.05) is 13.1 Å². The maximum atomic E-state index is 13.6. The van der Waals surface area contributed by atoms with Crippen LogP contribution in [-0.4, -0.2) is 53.6 Å². The zero-order valence-corrected chi connectivity index (χ0v) is 21.4. The van der Waals surface area contributed by atoms with E-state index in [0.717, 1.165) is 60.7 Å². The summed E-state index contributed by atoms with van der Waals surface area (Å²) in [6.45, 7) is 10.6. The molecule has 4 aromatic rings. The van der Waals surface area contributed by atoms with Crippen molar-refractivity contribution >= 4 is 5.91 Å². The van der Waals surface area contributed by atoms with E-state index in [1.807, 2.05) is 48.6 Å². The largest absolute Gasteiger partial charge is 0.361 e. The lowest BCUT2D eigenvalue weighted by atomic mass is 9.94. The predicted molar refractivity (Wildman–Crippen MR) is 135 cm³/mol. The Balaban J connectivity index is 1.29. The third-order valence-electron chi connectivity index (χ3n) is 7.41. The smallest absolute Gasteiger partial charge is 0.276 e. The summed E-state index contributed by atoms with van der Waals surface area (Å²) in [6, 6.07) is 10.3. The molecule has 1 saturated heterocycles. The van der Waals surface area contributed by atoms with Gasteiger partial charge in [-0.1, -0.05) is 35.5 Å². The summed E-state index contributed by atoms with van der Waals surface area (Å²) >= 11 is 0. The molecule has 1 aliphatic heterocycles. The second-order valence-corrected chi connectivity index (χ2v) is 9.84. The topological polar surface area (TPSA) is 94.9 Å². The van der Waals surface area contributed by atoms with E-state index < -0.39 is 0 Å². The van der Waals surface area contributed by atoms with Gasteiger partial charge in [-0.25, -0.2) is 0 Å². The van der Waals surface area contributed by atoms with Gasteiger partial charge in [-0.15, -0.1) is 10.2 Å². The van der Waals surface area contributed by atoms with Crippen molar-refractivity contribution in [2.24, 2.45) is 5.92 Å². The third kappa shape index (κ3) is 4.82. The van der Waals surface area contributed by atoms with Crippen LogP contribution in [0.2, 0.25) is 0 Å². The van der Waals surface area contributed by atoms with Crippen LogP contribution >= 0.6 is 0 Å². The highest BCUT2D eigenvalue weighted by Gasteiger charge is 2.30. The van der Waals surface area contributed by atoms with E-state index in [1.54, 1.807) is 6.33 Å². The fourth-order valence-corrected chi connectivity index (χ4v) is 5.01. The molecular formula is C27H33N7O2. The summed E-state index contributed by atoms with van der Waals surface area (Å²) in [7, 11) is 0. The molecule has 5 rings (SSSR count). The molecule has 1 unspecified atom stereocenters. The predicted octanol–water partition coefficient (Wildman–Crippen LogP) is 3.89. The highest BCUT2D eigenvalue weighted by molar-refractivity contribution is 5.94. The molecule has 0 spiro atoms. The number of likely N-dealkylation sites (tertiary alicyclic amines) is 1. The van der Waals surface area contributed by atoms with Gasteiger partial charge in [0.05, 0.1) is 18.8 Å². The first-order valence-corrected chi connectivity index (χ1v) is 12.6. The molecule has 1 fully saturated rings. The van der Waals surface area contributed by atoms with Crippen molar-refractivity contribution in [3.05, 3.63) is 82.0 Å². The van der Waals surface area contributed by atoms with Crippen molar-refractivity contribution in [1.82, 2.24) is 34.6 Å². The van der Waals surface area contributed by atoms with Crippen molar-refractivity contribution in [3.8, 4) is 0 Å². The Labute approximate surface area is 211 Å². The van der Waals surface area contributed by atoms with Gasteiger partial charge in [0.25, 0.3) is 5.91 Å². The van der Waals surface area contributed by atoms with Crippen LogP contribution in [-0.2, 0) is 19.5 Å². The average molecular weight is 488 g/mol. The van der Waals surface area contributed by atoms with E-state index in [9.17, 15) is 4.79 Å². The second-order valence-electron chi connectivity index (χ2n) is 9.84. The molecule has 0 bridgehead atoms. The van der Waals surface area contributed by atoms with E-state index >= 15 is 0 Å². The third-order valence-corrected chi connectivity index (χ3v) is 7.41. The van der Waals surface area contributed by atoms with Gasteiger partial charge < -0.3 is 14.0 Å². The number of aromatic nitrogens is 6. The fourth-order valence-electron chi connectivity index (χ4n) is 5.01. The zero-order chi connectivity index (χ0) is 25.2. The minimum absolute atomic E-state index is 0.0736. The molecule has 1 aliphatic rings. The summed E-state index contributed by atoms with van der Waals surface area (Å²) in [5.74, 6) is 1.86. The van der Waals surface area contributed by atoms with Gasteiger partial charge in [0.15, 0.2) is 5.69 Å². The number of piperidine rings is 1. The van der Waals surface area contributed by atoms with Gasteiger partial charge in [-0.05, 0) is 57.6 Å². The Bertz CT molecular complexity index is 1350. The lowest BCUT2D eigenvalue weighted by molar-refractivity contribution is 0.0660. The van der Waals surface area contributed by atoms with Crippen LogP contribution < -0.4 is 0 Å². The van der Waals surface area contributed by atoms with Gasteiger partial charge >= 0.3 is 0 Å². The number of carbonyl (C=O) groups excluding carboxylic acids is 1. The number of rotatable bonds is 7. The number of aryl methyl sites for hydroxylation is 2. The fraction of sp³-hybridized carbons (Fsp3) is 0.444. The van der Waals surface area contributed by atoms with Crippen molar-refractivity contribution in [3.63, 3.8) is 0 Å². The Kier molecular flexibility index (Phi) is 6.71. The van der Waals surface area contributed by atoms with Crippen LogP contribution in [0.3, 0.4) is 0 Å². The van der Waals surface area contributed by atoms with Crippen molar-refractivity contribution < 1.29 is 9.32 Å². The number of amides is 1. The van der Waals surface area contributed by atoms with Crippen LogP contribution in [0, 0.1) is 33.6 Å². The Morgan fingerprint density at radius 2 is 1.92 bits per heavy atom. The van der Waals surface area contributed by atoms with E-state index in [0.29, 0.717) is 30.5 Å². The van der Waals surface area contributed by atoms with Crippen LogP contribution in [0.25, 0.3) is 0 Å². The molecule has 1 amide bonds. The number of hydrogen-bond donors (Lipinski definition) is 0. The van der Waals surface area contributed by atoms with Gasteiger partial charge in [0.2, 0.25) is 0 Å². The first-order valence-electron chi connectivity index (χ1n) is 12.6. The lowest BCUT2D eigenvalue weighted by Gasteiger charge is -2.32. The first kappa shape index (κ1) is 24.0. The Hall–Kier alpha value is -3.75. The highest BCUT2D eigenvalue weighted by atomic mass is 16.5. The number of carbonyl (C=O) groups is 1. The minimum Gasteiger partial charge on any atom is -0.361 e. The van der Waals surface area contributed by atoms with Gasteiger partial charge in [0, 0.05) is 30.8 Å². The SMILES string of the molecule is Cc1nn(Cc2c(C(=O)N3CCCC(Cc4nncn4Cc4ccccc4)C3)noc2C)c(C)c1C. The summed E-state index contributed by atoms with van der Waals surface area (Å²) in [5.41, 5.74) is 5.65. The monoisotopic (exact) mass is 487 g/mol. The molecule has 188 valence electrons. The van der Waals surface area contributed by atoms with Gasteiger partial charge in [0.1, 0.15) is 17.9 Å². The maximum Gasteiger partial charge on any atom is 0.276 e. The number of benzene rings is 1. The van der Waals surface area contributed by atoms with Crippen LogP contribution in [0.5, 0.6) is 0 Å². The number of nitrogens with zero attached hydrogens (tertiary/aromatic N) is 7. The van der Waals surface area contributed by atoms with E-state index in [-0.39, 0.29) is 5.91 Å². The normalized spacial score (nSPS) is 16.0. The minimum atomic E-state index is -0.0736. The Morgan fingerprint density at radius 1 is 1.11 bits per heavy atom. The second kappa shape index (κ2) is 10.1. The van der Waals surface area contributed by atoms with E-state index in [2.05, 4.69) is 44.1 Å². The molecule has 0 saturated carbocycles. The zero-order valence-electron chi connectivity index (χ0n) is 21.4. The molecule has 36 heavy (non-hydrogen) atoms. The number of hydrogen-bond acceptors (Lipinski definition) is 6. The van der Waals surface area contributed by atoms with Crippen LogP contribution in [0.1, 0.15) is 63.0 Å². The van der Waals surface area contributed by atoms with Gasteiger partial charge in [-0.3, -0.25) is 9.48 Å². The molecule has 1 atom stereocenters. The van der Waals surface area contributed by atoms with E-state index in [1.165, 1.54) is 5.56 Å². The standard InChI is InChI=1S/C27H33N7O2/c1-18-19(2)30-34(20(18)3)16-24-21(4)36-31-26(24)27(35)32-12-8-11-23(15-32)13-25-29-28-17-33(25)14-22-9-6-5-7-10-22/h5-7,9-10,17,23H,8,11-16H2,1-4H3. The van der Waals surface area contributed by atoms with Crippen LogP contribution in [0.4, 0.5) is 0 Å². The summed E-state index contributed by atoms with van der Waals surface area (Å²) < 4.78 is 9.51. The quantitative estimate of drug-likeness (QED) is 0.393. The molecule has 1 aromatic carbocycles. The molecule has 0 aliphatic carbocycles. The first-order chi connectivity index (χ1) is 17.4. The van der Waals surface area contributed by atoms with Gasteiger partial charge in [-0.2, -0.15) is 5.10 Å². The van der Waals surface area contributed by atoms with Crippen molar-refractivity contribution in [2.45, 2.75) is 60.0 Å². The van der Waals surface area contributed by atoms with Crippen LogP contribution in [0.15, 0.2) is 41.2 Å². The Morgan fingerprint density at radius 3 is 2.67 bits per heavy atom. The molecule has 9 heteroatoms. The summed E-state index contributed by atoms with van der Waals surface area (Å²) in [6.07, 6.45) is 4.58. The lowest BCUT2D eigenvalue weighted by Crippen LogP contribution is -2.41. The molecule has 0 radical (unpaired) electrons. The average Bonchev–Trinajstić information content (AvgIpc) is 3.54. The molecular weight excluding hydrogens is 454 g/mol. The van der Waals surface area contributed by atoms with E-state index in [4.69, 9.17) is 4.52 Å². The summed E-state index contributed by atoms with van der Waals surface area (Å²) in [5, 5.41) is 17.4.